The lowest BCUT2D eigenvalue weighted by Gasteiger charge is -2.39. The van der Waals surface area contributed by atoms with E-state index in [1.165, 1.54) is 31.7 Å². The molecule has 0 radical (unpaired) electrons. The van der Waals surface area contributed by atoms with Crippen molar-refractivity contribution in [1.29, 1.82) is 0 Å². The second-order valence-corrected chi connectivity index (χ2v) is 5.91. The van der Waals surface area contributed by atoms with Gasteiger partial charge in [-0.15, -0.1) is 0 Å². The van der Waals surface area contributed by atoms with Crippen molar-refractivity contribution >= 4 is 5.69 Å². The lowest BCUT2D eigenvalue weighted by Crippen LogP contribution is -2.50. The minimum Gasteiger partial charge on any atom is -0.392 e. The summed E-state index contributed by atoms with van der Waals surface area (Å²) in [5.41, 5.74) is 1.31. The van der Waals surface area contributed by atoms with E-state index in [2.05, 4.69) is 9.80 Å². The molecule has 1 aliphatic carbocycles. The predicted octanol–water partition coefficient (Wildman–Crippen LogP) is 2.38. The average molecular weight is 278 g/mol. The van der Waals surface area contributed by atoms with E-state index in [-0.39, 0.29) is 12.4 Å². The Kier molecular flexibility index (Phi) is 4.22. The third-order valence-electron chi connectivity index (χ3n) is 4.69. The molecular formula is C16H23FN2O. The molecule has 4 heteroatoms. The maximum atomic E-state index is 14.1. The quantitative estimate of drug-likeness (QED) is 0.919. The first-order valence-electron chi connectivity index (χ1n) is 7.66. The number of benzene rings is 1. The molecule has 0 aromatic heterocycles. The molecule has 1 aromatic rings. The molecule has 3 nitrogen and oxygen atoms in total. The summed E-state index contributed by atoms with van der Waals surface area (Å²) >= 11 is 0. The third kappa shape index (κ3) is 2.81. The van der Waals surface area contributed by atoms with Crippen LogP contribution in [0.2, 0.25) is 0 Å². The number of aliphatic hydroxyl groups excluding tert-OH is 1. The normalized spacial score (nSPS) is 21.6. The molecule has 110 valence electrons. The molecule has 2 fully saturated rings. The molecule has 1 saturated heterocycles. The van der Waals surface area contributed by atoms with Gasteiger partial charge in [-0.25, -0.2) is 4.39 Å². The Morgan fingerprint density at radius 1 is 1.10 bits per heavy atom. The summed E-state index contributed by atoms with van der Waals surface area (Å²) in [7, 11) is 0. The van der Waals surface area contributed by atoms with Gasteiger partial charge in [0.2, 0.25) is 0 Å². The standard InChI is InChI=1S/C16H23FN2O/c17-15-11-13(12-20)5-6-16(15)19-9-7-18(8-10-19)14-3-1-2-4-14/h5-6,11,14,20H,1-4,7-10,12H2. The lowest BCUT2D eigenvalue weighted by atomic mass is 10.1. The highest BCUT2D eigenvalue weighted by Crippen LogP contribution is 2.27. The van der Waals surface area contributed by atoms with Gasteiger partial charge in [-0.05, 0) is 30.5 Å². The Hall–Kier alpha value is -1.13. The summed E-state index contributed by atoms with van der Waals surface area (Å²) in [4.78, 5) is 4.70. The molecule has 0 amide bonds. The summed E-state index contributed by atoms with van der Waals surface area (Å²) in [6.07, 6.45) is 5.39. The minimum absolute atomic E-state index is 0.105. The van der Waals surface area contributed by atoms with E-state index in [1.807, 2.05) is 6.07 Å². The predicted molar refractivity (Wildman–Crippen MR) is 78.4 cm³/mol. The zero-order chi connectivity index (χ0) is 13.9. The van der Waals surface area contributed by atoms with E-state index >= 15 is 0 Å². The van der Waals surface area contributed by atoms with Crippen LogP contribution in [0.25, 0.3) is 0 Å². The fourth-order valence-corrected chi connectivity index (χ4v) is 3.50. The van der Waals surface area contributed by atoms with E-state index in [1.54, 1.807) is 6.07 Å². The third-order valence-corrected chi connectivity index (χ3v) is 4.69. The fourth-order valence-electron chi connectivity index (χ4n) is 3.50. The minimum atomic E-state index is -0.217. The van der Waals surface area contributed by atoms with E-state index < -0.39 is 0 Å². The number of anilines is 1. The van der Waals surface area contributed by atoms with Gasteiger partial charge >= 0.3 is 0 Å². The highest BCUT2D eigenvalue weighted by atomic mass is 19.1. The number of nitrogens with zero attached hydrogens (tertiary/aromatic N) is 2. The maximum absolute atomic E-state index is 14.1. The van der Waals surface area contributed by atoms with Crippen LogP contribution in [0.4, 0.5) is 10.1 Å². The summed E-state index contributed by atoms with van der Waals surface area (Å²) in [5, 5.41) is 9.03. The van der Waals surface area contributed by atoms with Crippen LogP contribution < -0.4 is 4.90 Å². The Bertz CT molecular complexity index is 452. The van der Waals surface area contributed by atoms with Crippen LogP contribution in [0.5, 0.6) is 0 Å². The zero-order valence-corrected chi connectivity index (χ0v) is 11.9. The summed E-state index contributed by atoms with van der Waals surface area (Å²) in [6, 6.07) is 5.81. The van der Waals surface area contributed by atoms with Crippen LogP contribution in [0.1, 0.15) is 31.2 Å². The van der Waals surface area contributed by atoms with Crippen LogP contribution >= 0.6 is 0 Å². The lowest BCUT2D eigenvalue weighted by molar-refractivity contribution is 0.187. The number of hydrogen-bond acceptors (Lipinski definition) is 3. The Labute approximate surface area is 120 Å². The molecule has 1 saturated carbocycles. The molecular weight excluding hydrogens is 255 g/mol. The Morgan fingerprint density at radius 2 is 1.80 bits per heavy atom. The monoisotopic (exact) mass is 278 g/mol. The van der Waals surface area contributed by atoms with Gasteiger partial charge in [0.25, 0.3) is 0 Å². The summed E-state index contributed by atoms with van der Waals surface area (Å²) in [5.74, 6) is -0.217. The summed E-state index contributed by atoms with van der Waals surface area (Å²) < 4.78 is 14.1. The first kappa shape index (κ1) is 13.8. The van der Waals surface area contributed by atoms with Gasteiger partial charge in [-0.2, -0.15) is 0 Å². The average Bonchev–Trinajstić information content (AvgIpc) is 3.01. The molecule has 3 rings (SSSR count). The molecule has 0 bridgehead atoms. The van der Waals surface area contributed by atoms with Crippen molar-refractivity contribution in [3.05, 3.63) is 29.6 Å². The van der Waals surface area contributed by atoms with Crippen molar-refractivity contribution in [3.8, 4) is 0 Å². The highest BCUT2D eigenvalue weighted by Gasteiger charge is 2.26. The smallest absolute Gasteiger partial charge is 0.146 e. The van der Waals surface area contributed by atoms with Crippen LogP contribution in [-0.2, 0) is 6.61 Å². The van der Waals surface area contributed by atoms with Crippen LogP contribution in [-0.4, -0.2) is 42.2 Å². The van der Waals surface area contributed by atoms with Crippen molar-refractivity contribution in [3.63, 3.8) is 0 Å². The van der Waals surface area contributed by atoms with Crippen molar-refractivity contribution in [2.45, 2.75) is 38.3 Å². The van der Waals surface area contributed by atoms with Crippen LogP contribution in [0, 0.1) is 5.82 Å². The topological polar surface area (TPSA) is 26.7 Å². The van der Waals surface area contributed by atoms with Crippen molar-refractivity contribution in [1.82, 2.24) is 4.90 Å². The fraction of sp³-hybridized carbons (Fsp3) is 0.625. The van der Waals surface area contributed by atoms with Gasteiger partial charge < -0.3 is 10.0 Å². The maximum Gasteiger partial charge on any atom is 0.146 e. The highest BCUT2D eigenvalue weighted by molar-refractivity contribution is 5.49. The van der Waals surface area contributed by atoms with E-state index in [0.29, 0.717) is 11.3 Å². The molecule has 0 spiro atoms. The Morgan fingerprint density at radius 3 is 2.40 bits per heavy atom. The van der Waals surface area contributed by atoms with Crippen molar-refractivity contribution in [2.75, 3.05) is 31.1 Å². The van der Waals surface area contributed by atoms with Gasteiger partial charge in [0.05, 0.1) is 12.3 Å². The molecule has 0 atom stereocenters. The molecule has 1 heterocycles. The largest absolute Gasteiger partial charge is 0.392 e. The first-order valence-corrected chi connectivity index (χ1v) is 7.66. The van der Waals surface area contributed by atoms with E-state index in [4.69, 9.17) is 5.11 Å². The SMILES string of the molecule is OCc1ccc(N2CCN(C3CCCC3)CC2)c(F)c1. The molecule has 2 aliphatic rings. The molecule has 20 heavy (non-hydrogen) atoms. The van der Waals surface area contributed by atoms with Crippen molar-refractivity contribution in [2.24, 2.45) is 0 Å². The van der Waals surface area contributed by atoms with Gasteiger partial charge in [-0.1, -0.05) is 18.9 Å². The van der Waals surface area contributed by atoms with Crippen LogP contribution in [0.15, 0.2) is 18.2 Å². The molecule has 1 aromatic carbocycles. The van der Waals surface area contributed by atoms with Gasteiger partial charge in [0, 0.05) is 32.2 Å². The first-order chi connectivity index (χ1) is 9.78. The molecule has 1 N–H and O–H groups in total. The van der Waals surface area contributed by atoms with E-state index in [9.17, 15) is 4.39 Å². The van der Waals surface area contributed by atoms with Gasteiger partial charge in [-0.3, -0.25) is 4.90 Å². The number of rotatable bonds is 3. The zero-order valence-electron chi connectivity index (χ0n) is 11.9. The van der Waals surface area contributed by atoms with Gasteiger partial charge in [0.15, 0.2) is 0 Å². The molecule has 0 unspecified atom stereocenters. The number of hydrogen-bond donors (Lipinski definition) is 1. The van der Waals surface area contributed by atoms with Gasteiger partial charge in [0.1, 0.15) is 5.82 Å². The number of halogens is 1. The Balaban J connectivity index is 1.62. The second kappa shape index (κ2) is 6.10. The molecule has 1 aliphatic heterocycles. The summed E-state index contributed by atoms with van der Waals surface area (Å²) in [6.45, 7) is 3.75. The number of aliphatic hydroxyl groups is 1. The number of piperazine rings is 1. The second-order valence-electron chi connectivity index (χ2n) is 5.91. The van der Waals surface area contributed by atoms with E-state index in [0.717, 1.165) is 32.2 Å². The van der Waals surface area contributed by atoms with Crippen molar-refractivity contribution < 1.29 is 9.50 Å². The van der Waals surface area contributed by atoms with Crippen LogP contribution in [0.3, 0.4) is 0 Å².